The molecule has 1 aliphatic rings. The lowest BCUT2D eigenvalue weighted by Gasteiger charge is -2.29. The van der Waals surface area contributed by atoms with Gasteiger partial charge in [0.15, 0.2) is 0 Å². The average molecular weight is 309 g/mol. The highest BCUT2D eigenvalue weighted by molar-refractivity contribution is 7.86. The highest BCUT2D eigenvalue weighted by Crippen LogP contribution is 2.19. The molecule has 1 aromatic rings. The molecule has 2 atom stereocenters. The SMILES string of the molecule is CC(C(=O)N1CCCCC1)S(=O)c1ccccc1C(=O)O. The summed E-state index contributed by atoms with van der Waals surface area (Å²) in [6, 6.07) is 6.15. The molecule has 2 rings (SSSR count). The molecule has 1 N–H and O–H groups in total. The van der Waals surface area contributed by atoms with Crippen LogP contribution in [0, 0.1) is 0 Å². The Balaban J connectivity index is 2.19. The molecule has 0 aliphatic carbocycles. The molecular formula is C15H19NO4S. The van der Waals surface area contributed by atoms with Crippen molar-refractivity contribution in [2.24, 2.45) is 0 Å². The summed E-state index contributed by atoms with van der Waals surface area (Å²) < 4.78 is 12.6. The minimum absolute atomic E-state index is 0.00544. The summed E-state index contributed by atoms with van der Waals surface area (Å²) in [4.78, 5) is 25.5. The van der Waals surface area contributed by atoms with Gasteiger partial charge in [-0.1, -0.05) is 12.1 Å². The highest BCUT2D eigenvalue weighted by Gasteiger charge is 2.29. The van der Waals surface area contributed by atoms with Crippen LogP contribution in [0.5, 0.6) is 0 Å². The van der Waals surface area contributed by atoms with Crippen molar-refractivity contribution in [2.45, 2.75) is 36.3 Å². The van der Waals surface area contributed by atoms with E-state index in [0.29, 0.717) is 13.1 Å². The number of piperidine rings is 1. The average Bonchev–Trinajstić information content (AvgIpc) is 2.53. The molecular weight excluding hydrogens is 290 g/mol. The number of aromatic carboxylic acids is 1. The topological polar surface area (TPSA) is 74.7 Å². The Morgan fingerprint density at radius 3 is 2.43 bits per heavy atom. The Morgan fingerprint density at radius 1 is 1.19 bits per heavy atom. The number of nitrogens with zero attached hydrogens (tertiary/aromatic N) is 1. The molecule has 114 valence electrons. The van der Waals surface area contributed by atoms with Crippen LogP contribution in [0.4, 0.5) is 0 Å². The standard InChI is InChI=1S/C15H19NO4S/c1-11(14(17)16-9-5-2-6-10-16)21(20)13-8-4-3-7-12(13)15(18)19/h3-4,7-8,11H,2,5-6,9-10H2,1H3,(H,18,19). The monoisotopic (exact) mass is 309 g/mol. The van der Waals surface area contributed by atoms with Gasteiger partial charge in [-0.15, -0.1) is 0 Å². The van der Waals surface area contributed by atoms with Crippen molar-refractivity contribution < 1.29 is 18.9 Å². The van der Waals surface area contributed by atoms with Gasteiger partial charge in [-0.05, 0) is 38.3 Å². The molecule has 2 unspecified atom stereocenters. The largest absolute Gasteiger partial charge is 0.478 e. The predicted molar refractivity (Wildman–Crippen MR) is 79.7 cm³/mol. The molecule has 0 spiro atoms. The van der Waals surface area contributed by atoms with Crippen molar-refractivity contribution in [3.8, 4) is 0 Å². The van der Waals surface area contributed by atoms with E-state index in [1.807, 2.05) is 0 Å². The summed E-state index contributed by atoms with van der Waals surface area (Å²) in [6.07, 6.45) is 3.05. The number of carboxylic acids is 1. The smallest absolute Gasteiger partial charge is 0.336 e. The zero-order valence-corrected chi connectivity index (χ0v) is 12.8. The van der Waals surface area contributed by atoms with Crippen LogP contribution < -0.4 is 0 Å². The van der Waals surface area contributed by atoms with E-state index in [-0.39, 0.29) is 16.4 Å². The van der Waals surface area contributed by atoms with Crippen molar-refractivity contribution in [2.75, 3.05) is 13.1 Å². The van der Waals surface area contributed by atoms with Crippen molar-refractivity contribution in [3.05, 3.63) is 29.8 Å². The maximum absolute atomic E-state index is 12.6. The number of rotatable bonds is 4. The molecule has 0 saturated carbocycles. The number of carbonyl (C=O) groups excluding carboxylic acids is 1. The Labute approximate surface area is 126 Å². The van der Waals surface area contributed by atoms with Crippen LogP contribution in [0.1, 0.15) is 36.5 Å². The summed E-state index contributed by atoms with van der Waals surface area (Å²) in [7, 11) is -1.66. The van der Waals surface area contributed by atoms with Crippen LogP contribution in [0.3, 0.4) is 0 Å². The van der Waals surface area contributed by atoms with Crippen LogP contribution in [-0.4, -0.2) is 44.4 Å². The van der Waals surface area contributed by atoms with Crippen LogP contribution in [-0.2, 0) is 15.6 Å². The van der Waals surface area contributed by atoms with Crippen LogP contribution >= 0.6 is 0 Å². The molecule has 1 heterocycles. The Hall–Kier alpha value is -1.69. The molecule has 0 radical (unpaired) electrons. The van der Waals surface area contributed by atoms with E-state index in [2.05, 4.69) is 0 Å². The molecule has 5 nitrogen and oxygen atoms in total. The molecule has 0 aromatic heterocycles. The van der Waals surface area contributed by atoms with E-state index in [0.717, 1.165) is 19.3 Å². The Bertz CT molecular complexity index is 567. The fourth-order valence-electron chi connectivity index (χ4n) is 2.47. The van der Waals surface area contributed by atoms with E-state index >= 15 is 0 Å². The molecule has 1 saturated heterocycles. The van der Waals surface area contributed by atoms with E-state index < -0.39 is 22.0 Å². The molecule has 21 heavy (non-hydrogen) atoms. The maximum atomic E-state index is 12.6. The Morgan fingerprint density at radius 2 is 1.81 bits per heavy atom. The van der Waals surface area contributed by atoms with Crippen molar-refractivity contribution >= 4 is 22.7 Å². The first-order chi connectivity index (χ1) is 10.0. The second kappa shape index (κ2) is 6.85. The first-order valence-corrected chi connectivity index (χ1v) is 8.25. The fraction of sp³-hybridized carbons (Fsp3) is 0.467. The van der Waals surface area contributed by atoms with Gasteiger partial charge in [0.2, 0.25) is 5.91 Å². The third kappa shape index (κ3) is 3.50. The second-order valence-electron chi connectivity index (χ2n) is 5.13. The van der Waals surface area contributed by atoms with Gasteiger partial charge in [0.05, 0.1) is 21.3 Å². The van der Waals surface area contributed by atoms with Gasteiger partial charge >= 0.3 is 5.97 Å². The van der Waals surface area contributed by atoms with Crippen molar-refractivity contribution in [1.29, 1.82) is 0 Å². The van der Waals surface area contributed by atoms with Gasteiger partial charge in [-0.2, -0.15) is 0 Å². The summed E-state index contributed by atoms with van der Waals surface area (Å²) in [5.74, 6) is -1.29. The molecule has 1 fully saturated rings. The minimum Gasteiger partial charge on any atom is -0.478 e. The zero-order chi connectivity index (χ0) is 15.4. The van der Waals surface area contributed by atoms with Gasteiger partial charge in [-0.25, -0.2) is 4.79 Å². The minimum atomic E-state index is -1.66. The quantitative estimate of drug-likeness (QED) is 0.921. The van der Waals surface area contributed by atoms with Gasteiger partial charge in [0.25, 0.3) is 0 Å². The first-order valence-electron chi connectivity index (χ1n) is 7.04. The molecule has 1 aromatic carbocycles. The first kappa shape index (κ1) is 15.7. The number of benzene rings is 1. The lowest BCUT2D eigenvalue weighted by atomic mass is 10.1. The number of hydrogen-bond donors (Lipinski definition) is 1. The van der Waals surface area contributed by atoms with Gasteiger partial charge in [-0.3, -0.25) is 9.00 Å². The third-order valence-corrected chi connectivity index (χ3v) is 5.30. The van der Waals surface area contributed by atoms with Crippen LogP contribution in [0.2, 0.25) is 0 Å². The van der Waals surface area contributed by atoms with E-state index in [4.69, 9.17) is 5.11 Å². The Kier molecular flexibility index (Phi) is 5.12. The summed E-state index contributed by atoms with van der Waals surface area (Å²) in [5.41, 5.74) is -0.00544. The number of hydrogen-bond acceptors (Lipinski definition) is 3. The number of likely N-dealkylation sites (tertiary alicyclic amines) is 1. The molecule has 0 bridgehead atoms. The summed E-state index contributed by atoms with van der Waals surface area (Å²) in [5, 5.41) is 8.42. The van der Waals surface area contributed by atoms with Crippen LogP contribution in [0.25, 0.3) is 0 Å². The van der Waals surface area contributed by atoms with Gasteiger partial charge in [0, 0.05) is 13.1 Å². The lowest BCUT2D eigenvalue weighted by Crippen LogP contribution is -2.42. The van der Waals surface area contributed by atoms with Crippen molar-refractivity contribution in [3.63, 3.8) is 0 Å². The zero-order valence-electron chi connectivity index (χ0n) is 11.9. The highest BCUT2D eigenvalue weighted by atomic mass is 32.2. The molecule has 1 amide bonds. The number of carboxylic acid groups (broad SMARTS) is 1. The molecule has 6 heteroatoms. The van der Waals surface area contributed by atoms with E-state index in [9.17, 15) is 13.8 Å². The van der Waals surface area contributed by atoms with E-state index in [1.54, 1.807) is 24.0 Å². The van der Waals surface area contributed by atoms with Crippen molar-refractivity contribution in [1.82, 2.24) is 4.90 Å². The summed E-state index contributed by atoms with van der Waals surface area (Å²) >= 11 is 0. The van der Waals surface area contributed by atoms with E-state index in [1.165, 1.54) is 12.1 Å². The lowest BCUT2D eigenvalue weighted by molar-refractivity contribution is -0.131. The third-order valence-electron chi connectivity index (χ3n) is 3.67. The predicted octanol–water partition coefficient (Wildman–Crippen LogP) is 1.89. The second-order valence-corrected chi connectivity index (χ2v) is 6.87. The van der Waals surface area contributed by atoms with Crippen LogP contribution in [0.15, 0.2) is 29.2 Å². The normalized spacial score (nSPS) is 18.0. The number of carbonyl (C=O) groups is 2. The summed E-state index contributed by atoms with van der Waals surface area (Å²) in [6.45, 7) is 2.99. The van der Waals surface area contributed by atoms with Gasteiger partial charge < -0.3 is 10.0 Å². The fourth-order valence-corrected chi connectivity index (χ4v) is 3.77. The number of amides is 1. The van der Waals surface area contributed by atoms with Gasteiger partial charge in [0.1, 0.15) is 5.25 Å². The molecule has 1 aliphatic heterocycles. The maximum Gasteiger partial charge on any atom is 0.336 e.